The van der Waals surface area contributed by atoms with Gasteiger partial charge in [-0.3, -0.25) is 4.98 Å². The third kappa shape index (κ3) is 3.44. The van der Waals surface area contributed by atoms with E-state index in [-0.39, 0.29) is 18.1 Å². The second-order valence-electron chi connectivity index (χ2n) is 4.45. The Bertz CT molecular complexity index is 361. The van der Waals surface area contributed by atoms with Gasteiger partial charge in [-0.2, -0.15) is 0 Å². The number of carbonyl (C=O) groups is 1. The van der Waals surface area contributed by atoms with E-state index in [2.05, 4.69) is 10.3 Å². The van der Waals surface area contributed by atoms with E-state index in [0.29, 0.717) is 0 Å². The molecule has 1 atom stereocenters. The van der Waals surface area contributed by atoms with Crippen LogP contribution in [0.5, 0.6) is 0 Å². The highest BCUT2D eigenvalue weighted by molar-refractivity contribution is 5.78. The van der Waals surface area contributed by atoms with Crippen molar-refractivity contribution in [2.75, 3.05) is 5.32 Å². The van der Waals surface area contributed by atoms with E-state index < -0.39 is 0 Å². The Labute approximate surface area is 101 Å². The van der Waals surface area contributed by atoms with E-state index in [1.165, 1.54) is 12.8 Å². The Morgan fingerprint density at radius 2 is 2.29 bits per heavy atom. The Hall–Kier alpha value is -1.58. The number of nitrogens with zero attached hydrogens (tertiary/aromatic N) is 1. The molecule has 0 amide bonds. The van der Waals surface area contributed by atoms with E-state index in [1.54, 1.807) is 12.4 Å². The van der Waals surface area contributed by atoms with Crippen LogP contribution in [0.2, 0.25) is 0 Å². The lowest BCUT2D eigenvalue weighted by molar-refractivity contribution is -0.149. The van der Waals surface area contributed by atoms with Gasteiger partial charge in [-0.05, 0) is 44.7 Å². The quantitative estimate of drug-likeness (QED) is 0.813. The van der Waals surface area contributed by atoms with Gasteiger partial charge in [-0.25, -0.2) is 4.79 Å². The molecule has 4 heteroatoms. The number of anilines is 1. The van der Waals surface area contributed by atoms with E-state index >= 15 is 0 Å². The summed E-state index contributed by atoms with van der Waals surface area (Å²) in [4.78, 5) is 15.8. The summed E-state index contributed by atoms with van der Waals surface area (Å²) < 4.78 is 5.42. The Morgan fingerprint density at radius 3 is 2.94 bits per heavy atom. The molecule has 1 fully saturated rings. The first-order chi connectivity index (χ1) is 8.25. The zero-order valence-electron chi connectivity index (χ0n) is 10.1. The molecule has 0 bridgehead atoms. The molecule has 1 aliphatic rings. The molecule has 17 heavy (non-hydrogen) atoms. The molecule has 1 aromatic rings. The van der Waals surface area contributed by atoms with Gasteiger partial charge in [-0.15, -0.1) is 0 Å². The molecular formula is C13H18N2O2. The molecule has 1 heterocycles. The van der Waals surface area contributed by atoms with Crippen molar-refractivity contribution >= 4 is 11.7 Å². The molecule has 0 unspecified atom stereocenters. The topological polar surface area (TPSA) is 51.2 Å². The third-order valence-electron chi connectivity index (χ3n) is 2.98. The first-order valence-corrected chi connectivity index (χ1v) is 6.13. The van der Waals surface area contributed by atoms with Crippen LogP contribution >= 0.6 is 0 Å². The van der Waals surface area contributed by atoms with Gasteiger partial charge in [0.1, 0.15) is 12.1 Å². The fourth-order valence-corrected chi connectivity index (χ4v) is 2.03. The van der Waals surface area contributed by atoms with Crippen LogP contribution in [0.15, 0.2) is 24.5 Å². The number of hydrogen-bond donors (Lipinski definition) is 1. The summed E-state index contributed by atoms with van der Waals surface area (Å²) in [6, 6.07) is 3.38. The van der Waals surface area contributed by atoms with Crippen molar-refractivity contribution in [3.8, 4) is 0 Å². The fraction of sp³-hybridized carbons (Fsp3) is 0.538. The number of rotatable bonds is 4. The number of ether oxygens (including phenoxy) is 1. The predicted octanol–water partition coefficient (Wildman–Crippen LogP) is 2.37. The second kappa shape index (κ2) is 5.66. The van der Waals surface area contributed by atoms with Crippen LogP contribution in [0.1, 0.15) is 32.6 Å². The molecule has 0 spiro atoms. The zero-order chi connectivity index (χ0) is 12.1. The van der Waals surface area contributed by atoms with Crippen molar-refractivity contribution in [1.82, 2.24) is 4.98 Å². The maximum atomic E-state index is 11.8. The maximum absolute atomic E-state index is 11.8. The number of nitrogens with one attached hydrogen (secondary N) is 1. The van der Waals surface area contributed by atoms with E-state index in [0.717, 1.165) is 18.5 Å². The maximum Gasteiger partial charge on any atom is 0.328 e. The largest absolute Gasteiger partial charge is 0.461 e. The number of pyridine rings is 1. The molecule has 2 rings (SSSR count). The Morgan fingerprint density at radius 1 is 1.53 bits per heavy atom. The fourth-order valence-electron chi connectivity index (χ4n) is 2.03. The standard InChI is InChI=1S/C13H18N2O2/c1-10(15-11-5-4-8-14-9-11)13(16)17-12-6-2-3-7-12/h4-5,8-10,12,15H,2-3,6-7H2,1H3/t10-/m0/s1. The van der Waals surface area contributed by atoms with Crippen LogP contribution in [-0.4, -0.2) is 23.1 Å². The number of hydrogen-bond acceptors (Lipinski definition) is 4. The molecule has 1 aromatic heterocycles. The third-order valence-corrected chi connectivity index (χ3v) is 2.98. The lowest BCUT2D eigenvalue weighted by Gasteiger charge is -2.17. The van der Waals surface area contributed by atoms with Crippen molar-refractivity contribution in [3.63, 3.8) is 0 Å². The van der Waals surface area contributed by atoms with Crippen molar-refractivity contribution in [2.45, 2.75) is 44.8 Å². The van der Waals surface area contributed by atoms with Crippen LogP contribution < -0.4 is 5.32 Å². The Balaban J connectivity index is 1.82. The van der Waals surface area contributed by atoms with Crippen molar-refractivity contribution in [3.05, 3.63) is 24.5 Å². The minimum absolute atomic E-state index is 0.126. The number of esters is 1. The van der Waals surface area contributed by atoms with E-state index in [4.69, 9.17) is 4.74 Å². The summed E-state index contributed by atoms with van der Waals surface area (Å²) in [6.45, 7) is 1.81. The first kappa shape index (κ1) is 11.9. The van der Waals surface area contributed by atoms with Crippen LogP contribution in [0, 0.1) is 0 Å². The van der Waals surface area contributed by atoms with Gasteiger partial charge in [0.25, 0.3) is 0 Å². The van der Waals surface area contributed by atoms with Gasteiger partial charge in [0.05, 0.1) is 5.69 Å². The lowest BCUT2D eigenvalue weighted by atomic mass is 10.3. The van der Waals surface area contributed by atoms with Gasteiger partial charge in [-0.1, -0.05) is 0 Å². The zero-order valence-corrected chi connectivity index (χ0v) is 10.1. The summed E-state index contributed by atoms with van der Waals surface area (Å²) in [7, 11) is 0. The molecule has 1 N–H and O–H groups in total. The first-order valence-electron chi connectivity index (χ1n) is 6.13. The Kier molecular flexibility index (Phi) is 3.96. The molecule has 1 aliphatic carbocycles. The van der Waals surface area contributed by atoms with Crippen LogP contribution in [0.4, 0.5) is 5.69 Å². The van der Waals surface area contributed by atoms with Gasteiger partial charge >= 0.3 is 5.97 Å². The SMILES string of the molecule is C[C@H](Nc1cccnc1)C(=O)OC1CCCC1. The summed E-state index contributed by atoms with van der Waals surface area (Å²) in [5.41, 5.74) is 0.836. The van der Waals surface area contributed by atoms with Gasteiger partial charge in [0.15, 0.2) is 0 Å². The molecule has 1 saturated carbocycles. The van der Waals surface area contributed by atoms with Gasteiger partial charge < -0.3 is 10.1 Å². The number of aromatic nitrogens is 1. The molecule has 0 saturated heterocycles. The highest BCUT2D eigenvalue weighted by Crippen LogP contribution is 2.21. The average Bonchev–Trinajstić information content (AvgIpc) is 2.83. The van der Waals surface area contributed by atoms with Gasteiger partial charge in [0.2, 0.25) is 0 Å². The van der Waals surface area contributed by atoms with Crippen LogP contribution in [0.3, 0.4) is 0 Å². The molecular weight excluding hydrogens is 216 g/mol. The summed E-state index contributed by atoms with van der Waals surface area (Å²) in [5, 5.41) is 3.08. The van der Waals surface area contributed by atoms with Gasteiger partial charge in [0, 0.05) is 12.4 Å². The minimum atomic E-state index is -0.334. The highest BCUT2D eigenvalue weighted by Gasteiger charge is 2.22. The molecule has 92 valence electrons. The van der Waals surface area contributed by atoms with Crippen LogP contribution in [-0.2, 0) is 9.53 Å². The summed E-state index contributed by atoms with van der Waals surface area (Å²) in [5.74, 6) is -0.180. The minimum Gasteiger partial charge on any atom is -0.461 e. The second-order valence-corrected chi connectivity index (χ2v) is 4.45. The predicted molar refractivity (Wildman–Crippen MR) is 65.7 cm³/mol. The lowest BCUT2D eigenvalue weighted by Crippen LogP contribution is -2.30. The molecule has 0 aromatic carbocycles. The van der Waals surface area contributed by atoms with E-state index in [9.17, 15) is 4.79 Å². The number of carbonyl (C=O) groups excluding carboxylic acids is 1. The normalized spacial score (nSPS) is 17.7. The van der Waals surface area contributed by atoms with Crippen LogP contribution in [0.25, 0.3) is 0 Å². The summed E-state index contributed by atoms with van der Waals surface area (Å²) >= 11 is 0. The molecule has 0 radical (unpaired) electrons. The average molecular weight is 234 g/mol. The van der Waals surface area contributed by atoms with E-state index in [1.807, 2.05) is 19.1 Å². The molecule has 4 nitrogen and oxygen atoms in total. The van der Waals surface area contributed by atoms with Crippen molar-refractivity contribution < 1.29 is 9.53 Å². The monoisotopic (exact) mass is 234 g/mol. The van der Waals surface area contributed by atoms with Crippen molar-refractivity contribution in [2.24, 2.45) is 0 Å². The van der Waals surface area contributed by atoms with Crippen molar-refractivity contribution in [1.29, 1.82) is 0 Å². The summed E-state index contributed by atoms with van der Waals surface area (Å²) in [6.07, 6.45) is 7.87. The molecule has 0 aliphatic heterocycles. The highest BCUT2D eigenvalue weighted by atomic mass is 16.5. The smallest absolute Gasteiger partial charge is 0.328 e.